The number of rotatable bonds is 5. The van der Waals surface area contributed by atoms with E-state index >= 15 is 0 Å². The fourth-order valence-electron chi connectivity index (χ4n) is 3.03. The van der Waals surface area contributed by atoms with Gasteiger partial charge in [0.15, 0.2) is 0 Å². The molecule has 1 saturated heterocycles. The van der Waals surface area contributed by atoms with E-state index in [1.807, 2.05) is 13.8 Å². The van der Waals surface area contributed by atoms with Gasteiger partial charge in [-0.15, -0.1) is 0 Å². The summed E-state index contributed by atoms with van der Waals surface area (Å²) in [5, 5.41) is 9.50. The zero-order valence-corrected chi connectivity index (χ0v) is 16.3. The Morgan fingerprint density at radius 2 is 2.07 bits per heavy atom. The third kappa shape index (κ3) is 4.61. The van der Waals surface area contributed by atoms with Gasteiger partial charge in [-0.25, -0.2) is 14.8 Å². The van der Waals surface area contributed by atoms with Gasteiger partial charge >= 0.3 is 12.2 Å². The molecule has 0 spiro atoms. The summed E-state index contributed by atoms with van der Waals surface area (Å²) in [6.45, 7) is 5.13. The van der Waals surface area contributed by atoms with E-state index in [2.05, 4.69) is 15.5 Å². The first-order valence-corrected chi connectivity index (χ1v) is 8.97. The van der Waals surface area contributed by atoms with Crippen molar-refractivity contribution in [2.75, 3.05) is 37.1 Å². The topological polar surface area (TPSA) is 83.7 Å². The molecule has 0 unspecified atom stereocenters. The summed E-state index contributed by atoms with van der Waals surface area (Å²) in [6, 6.07) is 3.32. The molecule has 0 atom stereocenters. The van der Waals surface area contributed by atoms with Gasteiger partial charge in [-0.05, 0) is 18.6 Å². The second-order valence-corrected chi connectivity index (χ2v) is 7.33. The van der Waals surface area contributed by atoms with Gasteiger partial charge < -0.3 is 9.26 Å². The maximum Gasteiger partial charge on any atom is 0.417 e. The predicted molar refractivity (Wildman–Crippen MR) is 98.3 cm³/mol. The third-order valence-electron chi connectivity index (χ3n) is 4.54. The number of pyridine rings is 1. The van der Waals surface area contributed by atoms with Crippen LogP contribution in [0.15, 0.2) is 28.9 Å². The molecule has 1 fully saturated rings. The van der Waals surface area contributed by atoms with Crippen LogP contribution in [-0.4, -0.2) is 48.0 Å². The minimum atomic E-state index is -4.46. The maximum absolute atomic E-state index is 12.7. The van der Waals surface area contributed by atoms with Crippen LogP contribution >= 0.6 is 0 Å². The fraction of sp³-hybridized carbons (Fsp3) is 0.500. The molecule has 2 aromatic heterocycles. The number of amides is 2. The Labute approximate surface area is 165 Å². The molecule has 0 aromatic carbocycles. The molecule has 0 saturated carbocycles. The molecule has 3 heterocycles. The van der Waals surface area contributed by atoms with E-state index in [9.17, 15) is 18.0 Å². The lowest BCUT2D eigenvalue weighted by Gasteiger charge is -2.28. The van der Waals surface area contributed by atoms with Crippen LogP contribution in [0.3, 0.4) is 0 Å². The number of nitrogens with one attached hydrogen (secondary N) is 1. The highest BCUT2D eigenvalue weighted by Crippen LogP contribution is 2.30. The quantitative estimate of drug-likeness (QED) is 0.805. The molecule has 3 rings (SSSR count). The highest BCUT2D eigenvalue weighted by atomic mass is 19.4. The average molecular weight is 413 g/mol. The maximum atomic E-state index is 12.7. The summed E-state index contributed by atoms with van der Waals surface area (Å²) in [5.41, 5.74) is -0.618. The van der Waals surface area contributed by atoms with E-state index in [1.165, 1.54) is 16.1 Å². The smallest absolute Gasteiger partial charge is 0.384 e. The van der Waals surface area contributed by atoms with Gasteiger partial charge in [0.2, 0.25) is 5.88 Å². The Balaban J connectivity index is 1.70. The molecule has 0 bridgehead atoms. The third-order valence-corrected chi connectivity index (χ3v) is 4.54. The molecule has 1 aliphatic heterocycles. The lowest BCUT2D eigenvalue weighted by Crippen LogP contribution is -2.44. The van der Waals surface area contributed by atoms with E-state index in [1.54, 1.807) is 13.2 Å². The van der Waals surface area contributed by atoms with Crippen molar-refractivity contribution in [2.45, 2.75) is 31.9 Å². The van der Waals surface area contributed by atoms with E-state index in [0.29, 0.717) is 31.8 Å². The zero-order valence-electron chi connectivity index (χ0n) is 16.3. The molecule has 2 aromatic rings. The normalized spacial score (nSPS) is 15.1. The fourth-order valence-corrected chi connectivity index (χ4v) is 3.03. The van der Waals surface area contributed by atoms with E-state index in [4.69, 9.17) is 9.26 Å². The Morgan fingerprint density at radius 1 is 1.31 bits per heavy atom. The van der Waals surface area contributed by atoms with Crippen LogP contribution in [0.1, 0.15) is 31.5 Å². The van der Waals surface area contributed by atoms with Crippen LogP contribution in [0.2, 0.25) is 0 Å². The highest BCUT2D eigenvalue weighted by molar-refractivity contribution is 5.89. The Bertz CT molecular complexity index is 851. The predicted octanol–water partition coefficient (Wildman–Crippen LogP) is 3.67. The van der Waals surface area contributed by atoms with Crippen molar-refractivity contribution in [3.05, 3.63) is 35.7 Å². The van der Waals surface area contributed by atoms with Gasteiger partial charge in [-0.3, -0.25) is 10.3 Å². The van der Waals surface area contributed by atoms with Crippen molar-refractivity contribution in [3.63, 3.8) is 0 Å². The van der Waals surface area contributed by atoms with Gasteiger partial charge in [-0.1, -0.05) is 19.0 Å². The molecule has 2 amide bonds. The molecule has 29 heavy (non-hydrogen) atoms. The number of anilines is 2. The van der Waals surface area contributed by atoms with Crippen molar-refractivity contribution < 1.29 is 27.2 Å². The lowest BCUT2D eigenvalue weighted by atomic mass is 9.91. The number of nitrogens with zero attached hydrogens (tertiary/aromatic N) is 4. The molecule has 158 valence electrons. The Kier molecular flexibility index (Phi) is 5.69. The van der Waals surface area contributed by atoms with Crippen LogP contribution < -0.4 is 10.3 Å². The number of halogens is 3. The molecule has 0 radical (unpaired) electrons. The van der Waals surface area contributed by atoms with Crippen molar-refractivity contribution in [2.24, 2.45) is 0 Å². The standard InChI is InChI=1S/C18H22F3N5O3/c1-17(2,11-28-3)13-9-15(29-24-13)23-16(27)26-8-4-7-25(26)14-6-5-12(10-22-14)18(19,20)21/h5-6,9-10H,4,7-8,11H2,1-3H3,(H,23,27). The summed E-state index contributed by atoms with van der Waals surface area (Å²) < 4.78 is 48.5. The van der Waals surface area contributed by atoms with Gasteiger partial charge in [0, 0.05) is 37.9 Å². The SMILES string of the molecule is COCC(C)(C)c1cc(NC(=O)N2CCCN2c2ccc(C(F)(F)F)cn2)on1. The van der Waals surface area contributed by atoms with Crippen LogP contribution in [-0.2, 0) is 16.3 Å². The number of alkyl halides is 3. The van der Waals surface area contributed by atoms with Gasteiger partial charge in [0.1, 0.15) is 5.82 Å². The van der Waals surface area contributed by atoms with E-state index < -0.39 is 23.2 Å². The summed E-state index contributed by atoms with van der Waals surface area (Å²) in [6.07, 6.45) is -3.06. The second kappa shape index (κ2) is 7.90. The van der Waals surface area contributed by atoms with Gasteiger partial charge in [0.05, 0.1) is 17.9 Å². The zero-order chi connectivity index (χ0) is 21.2. The first kappa shape index (κ1) is 20.9. The first-order chi connectivity index (χ1) is 13.6. The number of ether oxygens (including phenoxy) is 1. The second-order valence-electron chi connectivity index (χ2n) is 7.33. The summed E-state index contributed by atoms with van der Waals surface area (Å²) in [7, 11) is 1.59. The number of hydrogen-bond donors (Lipinski definition) is 1. The molecule has 11 heteroatoms. The number of carbonyl (C=O) groups excluding carboxylic acids is 1. The molecule has 0 aliphatic carbocycles. The molecule has 1 N–H and O–H groups in total. The number of methoxy groups -OCH3 is 1. The molecule has 8 nitrogen and oxygen atoms in total. The summed E-state index contributed by atoms with van der Waals surface area (Å²) in [4.78, 5) is 16.5. The minimum absolute atomic E-state index is 0.168. The van der Waals surface area contributed by atoms with Crippen LogP contribution in [0.5, 0.6) is 0 Å². The average Bonchev–Trinajstić information content (AvgIpc) is 3.31. The molecular formula is C18H22F3N5O3. The number of aromatic nitrogens is 2. The largest absolute Gasteiger partial charge is 0.417 e. The van der Waals surface area contributed by atoms with Gasteiger partial charge in [-0.2, -0.15) is 13.2 Å². The van der Waals surface area contributed by atoms with Crippen LogP contribution in [0.4, 0.5) is 29.7 Å². The van der Waals surface area contributed by atoms with Crippen molar-refractivity contribution in [1.29, 1.82) is 0 Å². The van der Waals surface area contributed by atoms with Crippen molar-refractivity contribution >= 4 is 17.7 Å². The van der Waals surface area contributed by atoms with E-state index in [0.717, 1.165) is 12.3 Å². The highest BCUT2D eigenvalue weighted by Gasteiger charge is 2.33. The lowest BCUT2D eigenvalue weighted by molar-refractivity contribution is -0.137. The van der Waals surface area contributed by atoms with Gasteiger partial charge in [0.25, 0.3) is 0 Å². The Morgan fingerprint density at radius 3 is 2.69 bits per heavy atom. The molecule has 1 aliphatic rings. The van der Waals surface area contributed by atoms with Crippen molar-refractivity contribution in [1.82, 2.24) is 15.1 Å². The number of carbonyl (C=O) groups is 1. The number of urea groups is 1. The summed E-state index contributed by atoms with van der Waals surface area (Å²) >= 11 is 0. The first-order valence-electron chi connectivity index (χ1n) is 8.97. The van der Waals surface area contributed by atoms with Crippen LogP contribution in [0, 0.1) is 0 Å². The number of hydrogen-bond acceptors (Lipinski definition) is 6. The van der Waals surface area contributed by atoms with Crippen molar-refractivity contribution in [3.8, 4) is 0 Å². The van der Waals surface area contributed by atoms with Crippen LogP contribution in [0.25, 0.3) is 0 Å². The summed E-state index contributed by atoms with van der Waals surface area (Å²) in [5.74, 6) is 0.423. The molecular weight excluding hydrogens is 391 g/mol. The minimum Gasteiger partial charge on any atom is -0.384 e. The number of hydrazine groups is 1. The Hall–Kier alpha value is -2.82. The van der Waals surface area contributed by atoms with E-state index in [-0.39, 0.29) is 11.7 Å². The monoisotopic (exact) mass is 413 g/mol.